The second-order valence-electron chi connectivity index (χ2n) is 11.8. The van der Waals surface area contributed by atoms with Gasteiger partial charge in [0.25, 0.3) is 0 Å². The molecule has 204 valence electrons. The van der Waals surface area contributed by atoms with E-state index in [1.807, 2.05) is 24.9 Å². The number of aromatic nitrogens is 2. The van der Waals surface area contributed by atoms with E-state index in [1.165, 1.54) is 43.1 Å². The SMILES string of the molecule is COC(=O)NC(C(=O)N1CCCC1c1ncc(-c2ccc(-c3ccc(C)c4c3C3CCC3C4)cc2)[nH]1)C(C)C. The van der Waals surface area contributed by atoms with Crippen molar-refractivity contribution in [1.29, 1.82) is 0 Å². The first-order chi connectivity index (χ1) is 18.9. The van der Waals surface area contributed by atoms with Gasteiger partial charge in [0.15, 0.2) is 0 Å². The Balaban J connectivity index is 1.21. The molecule has 2 heterocycles. The number of ether oxygens (including phenoxy) is 1. The highest BCUT2D eigenvalue weighted by atomic mass is 16.5. The summed E-state index contributed by atoms with van der Waals surface area (Å²) >= 11 is 0. The maximum atomic E-state index is 13.4. The molecule has 1 saturated carbocycles. The molecule has 7 heteroatoms. The summed E-state index contributed by atoms with van der Waals surface area (Å²) in [6, 6.07) is 12.6. The number of likely N-dealkylation sites (tertiary alicyclic amines) is 1. The van der Waals surface area contributed by atoms with Crippen molar-refractivity contribution in [3.05, 3.63) is 65.1 Å². The van der Waals surface area contributed by atoms with Crippen LogP contribution in [0.1, 0.15) is 74.0 Å². The normalized spacial score (nSPS) is 22.3. The molecule has 0 radical (unpaired) electrons. The first kappa shape index (κ1) is 25.7. The number of alkyl carbamates (subject to hydrolysis) is 1. The fourth-order valence-electron chi connectivity index (χ4n) is 6.85. The largest absolute Gasteiger partial charge is 0.453 e. The third kappa shape index (κ3) is 4.52. The number of carbonyl (C=O) groups is 2. The van der Waals surface area contributed by atoms with Gasteiger partial charge in [0.2, 0.25) is 5.91 Å². The molecule has 2 N–H and O–H groups in total. The number of benzene rings is 2. The Bertz CT molecular complexity index is 1390. The molecule has 1 aliphatic heterocycles. The molecule has 2 amide bonds. The average molecular weight is 527 g/mol. The number of amides is 2. The lowest BCUT2D eigenvalue weighted by Crippen LogP contribution is -2.51. The minimum atomic E-state index is -0.640. The number of nitrogens with one attached hydrogen (secondary N) is 2. The Morgan fingerprint density at radius 2 is 1.85 bits per heavy atom. The van der Waals surface area contributed by atoms with Crippen molar-refractivity contribution in [1.82, 2.24) is 20.2 Å². The van der Waals surface area contributed by atoms with Crippen molar-refractivity contribution in [3.8, 4) is 22.4 Å². The molecular formula is C32H38N4O3. The van der Waals surface area contributed by atoms with Crippen molar-refractivity contribution in [2.75, 3.05) is 13.7 Å². The lowest BCUT2D eigenvalue weighted by Gasteiger charge is -2.31. The van der Waals surface area contributed by atoms with E-state index in [4.69, 9.17) is 9.72 Å². The van der Waals surface area contributed by atoms with E-state index in [1.54, 1.807) is 11.1 Å². The third-order valence-corrected chi connectivity index (χ3v) is 9.19. The van der Waals surface area contributed by atoms with Gasteiger partial charge in [0.05, 0.1) is 25.0 Å². The lowest BCUT2D eigenvalue weighted by molar-refractivity contribution is -0.135. The maximum Gasteiger partial charge on any atom is 0.407 e. The Kier molecular flexibility index (Phi) is 6.69. The number of hydrogen-bond acceptors (Lipinski definition) is 4. The van der Waals surface area contributed by atoms with Crippen LogP contribution in [0.5, 0.6) is 0 Å². The zero-order valence-electron chi connectivity index (χ0n) is 23.3. The number of fused-ring (bicyclic) bond motifs is 3. The van der Waals surface area contributed by atoms with Gasteiger partial charge in [-0.3, -0.25) is 4.79 Å². The summed E-state index contributed by atoms with van der Waals surface area (Å²) in [5.41, 5.74) is 9.29. The Hall–Kier alpha value is -3.61. The molecule has 2 aromatic carbocycles. The molecule has 3 aromatic rings. The first-order valence-corrected chi connectivity index (χ1v) is 14.3. The third-order valence-electron chi connectivity index (χ3n) is 9.19. The van der Waals surface area contributed by atoms with Crippen molar-refractivity contribution >= 4 is 12.0 Å². The Morgan fingerprint density at radius 3 is 2.54 bits per heavy atom. The molecule has 2 fully saturated rings. The fourth-order valence-corrected chi connectivity index (χ4v) is 6.85. The van der Waals surface area contributed by atoms with E-state index >= 15 is 0 Å². The second kappa shape index (κ2) is 10.2. The number of carbonyl (C=O) groups excluding carboxylic acids is 2. The van der Waals surface area contributed by atoms with Gasteiger partial charge in [0, 0.05) is 6.54 Å². The quantitative estimate of drug-likeness (QED) is 0.404. The highest BCUT2D eigenvalue weighted by Gasteiger charge is 2.41. The van der Waals surface area contributed by atoms with E-state index in [2.05, 4.69) is 53.6 Å². The maximum absolute atomic E-state index is 13.4. The molecule has 6 rings (SSSR count). The highest BCUT2D eigenvalue weighted by molar-refractivity contribution is 5.86. The van der Waals surface area contributed by atoms with Crippen LogP contribution in [0.4, 0.5) is 4.79 Å². The molecule has 4 atom stereocenters. The van der Waals surface area contributed by atoms with Gasteiger partial charge in [-0.15, -0.1) is 0 Å². The van der Waals surface area contributed by atoms with Gasteiger partial charge < -0.3 is 19.9 Å². The van der Waals surface area contributed by atoms with Crippen LogP contribution in [0.15, 0.2) is 42.6 Å². The number of nitrogens with zero attached hydrogens (tertiary/aromatic N) is 2. The topological polar surface area (TPSA) is 87.3 Å². The smallest absolute Gasteiger partial charge is 0.407 e. The van der Waals surface area contributed by atoms with Gasteiger partial charge in [0.1, 0.15) is 11.9 Å². The summed E-state index contributed by atoms with van der Waals surface area (Å²) < 4.78 is 4.74. The van der Waals surface area contributed by atoms with E-state index in [-0.39, 0.29) is 17.9 Å². The van der Waals surface area contributed by atoms with Gasteiger partial charge in [-0.2, -0.15) is 0 Å². The summed E-state index contributed by atoms with van der Waals surface area (Å²) in [6.07, 6.45) is 6.93. The Morgan fingerprint density at radius 1 is 1.08 bits per heavy atom. The van der Waals surface area contributed by atoms with Crippen molar-refractivity contribution in [2.24, 2.45) is 11.8 Å². The lowest BCUT2D eigenvalue weighted by atomic mass is 9.73. The first-order valence-electron chi connectivity index (χ1n) is 14.3. The van der Waals surface area contributed by atoms with Gasteiger partial charge in [-0.05, 0) is 90.2 Å². The number of hydrogen-bond donors (Lipinski definition) is 2. The summed E-state index contributed by atoms with van der Waals surface area (Å²) in [5.74, 6) is 2.21. The second-order valence-corrected chi connectivity index (χ2v) is 11.8. The van der Waals surface area contributed by atoms with Crippen LogP contribution in [0.25, 0.3) is 22.4 Å². The van der Waals surface area contributed by atoms with Crippen molar-refractivity contribution in [3.63, 3.8) is 0 Å². The molecule has 0 spiro atoms. The van der Waals surface area contributed by atoms with Crippen LogP contribution in [-0.4, -0.2) is 46.6 Å². The van der Waals surface area contributed by atoms with Gasteiger partial charge in [-0.25, -0.2) is 9.78 Å². The zero-order valence-corrected chi connectivity index (χ0v) is 23.3. The molecule has 0 bridgehead atoms. The molecular weight excluding hydrogens is 488 g/mol. The number of methoxy groups -OCH3 is 1. The number of rotatable bonds is 6. The standard InChI is InChI=1S/C32H38N4O3/c1-18(2)29(35-32(38)39-4)31(37)36-15-5-6-27(36)30-33-17-26(34-30)21-10-8-20(9-11-21)23-13-7-19(3)25-16-22-12-14-24(22)28(23)25/h7-11,13,17-18,22,24,27,29H,5-6,12,14-16H2,1-4H3,(H,33,34)(H,35,38). The van der Waals surface area contributed by atoms with Crippen LogP contribution in [0, 0.1) is 18.8 Å². The van der Waals surface area contributed by atoms with Crippen LogP contribution in [-0.2, 0) is 16.0 Å². The molecule has 4 unspecified atom stereocenters. The van der Waals surface area contributed by atoms with Crippen LogP contribution < -0.4 is 5.32 Å². The predicted octanol–water partition coefficient (Wildman–Crippen LogP) is 6.15. The monoisotopic (exact) mass is 526 g/mol. The van der Waals surface area contributed by atoms with Crippen molar-refractivity contribution in [2.45, 2.75) is 70.9 Å². The summed E-state index contributed by atoms with van der Waals surface area (Å²) in [7, 11) is 1.31. The van der Waals surface area contributed by atoms with Crippen LogP contribution >= 0.6 is 0 Å². The highest BCUT2D eigenvalue weighted by Crippen LogP contribution is 2.54. The zero-order chi connectivity index (χ0) is 27.3. The summed E-state index contributed by atoms with van der Waals surface area (Å²) in [6.45, 7) is 6.74. The molecule has 3 aliphatic rings. The predicted molar refractivity (Wildman–Crippen MR) is 151 cm³/mol. The molecule has 39 heavy (non-hydrogen) atoms. The van der Waals surface area contributed by atoms with E-state index < -0.39 is 12.1 Å². The number of aryl methyl sites for hydroxylation is 1. The summed E-state index contributed by atoms with van der Waals surface area (Å²) in [4.78, 5) is 35.3. The molecule has 7 nitrogen and oxygen atoms in total. The van der Waals surface area contributed by atoms with Crippen LogP contribution in [0.3, 0.4) is 0 Å². The minimum Gasteiger partial charge on any atom is -0.453 e. The minimum absolute atomic E-state index is 0.0616. The van der Waals surface area contributed by atoms with E-state index in [9.17, 15) is 9.59 Å². The number of imidazole rings is 1. The van der Waals surface area contributed by atoms with Crippen LogP contribution in [0.2, 0.25) is 0 Å². The average Bonchev–Trinajstić information content (AvgIpc) is 3.65. The van der Waals surface area contributed by atoms with Gasteiger partial charge >= 0.3 is 6.09 Å². The van der Waals surface area contributed by atoms with Gasteiger partial charge in [-0.1, -0.05) is 50.2 Å². The molecule has 2 aliphatic carbocycles. The number of H-pyrrole nitrogens is 1. The molecule has 1 aromatic heterocycles. The van der Waals surface area contributed by atoms with E-state index in [0.717, 1.165) is 41.8 Å². The fraction of sp³-hybridized carbons (Fsp3) is 0.469. The summed E-state index contributed by atoms with van der Waals surface area (Å²) in [5, 5.41) is 2.71. The van der Waals surface area contributed by atoms with Crippen molar-refractivity contribution < 1.29 is 14.3 Å². The molecule has 1 saturated heterocycles. The Labute approximate surface area is 230 Å². The number of aromatic amines is 1. The van der Waals surface area contributed by atoms with E-state index in [0.29, 0.717) is 6.54 Å².